The molecular formula is C12H17N3O. The summed E-state index contributed by atoms with van der Waals surface area (Å²) in [5, 5.41) is 12.2. The van der Waals surface area contributed by atoms with Crippen LogP contribution in [0.2, 0.25) is 0 Å². The van der Waals surface area contributed by atoms with Crippen molar-refractivity contribution in [3.8, 4) is 6.07 Å². The lowest BCUT2D eigenvalue weighted by Gasteiger charge is -2.13. The summed E-state index contributed by atoms with van der Waals surface area (Å²) in [5.74, 6) is 0.643. The van der Waals surface area contributed by atoms with Crippen LogP contribution in [-0.2, 0) is 4.74 Å². The molecule has 4 nitrogen and oxygen atoms in total. The van der Waals surface area contributed by atoms with Crippen molar-refractivity contribution >= 4 is 5.82 Å². The first-order chi connectivity index (χ1) is 7.58. The molecule has 1 heterocycles. The van der Waals surface area contributed by atoms with E-state index in [0.29, 0.717) is 17.9 Å². The number of ether oxygens (including phenoxy) is 1. The lowest BCUT2D eigenvalue weighted by atomic mass is 10.1. The number of hydrogen-bond acceptors (Lipinski definition) is 4. The molecule has 0 aromatic carbocycles. The van der Waals surface area contributed by atoms with E-state index in [1.54, 1.807) is 7.11 Å². The van der Waals surface area contributed by atoms with Crippen LogP contribution in [0.15, 0.2) is 6.07 Å². The molecule has 1 aromatic rings. The van der Waals surface area contributed by atoms with Gasteiger partial charge >= 0.3 is 0 Å². The summed E-state index contributed by atoms with van der Waals surface area (Å²) >= 11 is 0. The van der Waals surface area contributed by atoms with Crippen molar-refractivity contribution in [2.24, 2.45) is 0 Å². The normalized spacial score (nSPS) is 11.9. The molecule has 16 heavy (non-hydrogen) atoms. The second kappa shape index (κ2) is 5.47. The second-order valence-electron chi connectivity index (χ2n) is 3.84. The predicted molar refractivity (Wildman–Crippen MR) is 63.4 cm³/mol. The molecule has 0 amide bonds. The fourth-order valence-electron chi connectivity index (χ4n) is 1.43. The van der Waals surface area contributed by atoms with E-state index in [9.17, 15) is 0 Å². The number of nitrogens with zero attached hydrogens (tertiary/aromatic N) is 2. The van der Waals surface area contributed by atoms with Crippen LogP contribution in [0.5, 0.6) is 0 Å². The zero-order valence-corrected chi connectivity index (χ0v) is 10.2. The van der Waals surface area contributed by atoms with Crippen molar-refractivity contribution < 1.29 is 4.74 Å². The maximum Gasteiger partial charge on any atom is 0.144 e. The molecule has 1 rings (SSSR count). The molecule has 1 atom stereocenters. The van der Waals surface area contributed by atoms with Crippen LogP contribution in [0.1, 0.15) is 23.7 Å². The molecule has 0 radical (unpaired) electrons. The van der Waals surface area contributed by atoms with E-state index in [0.717, 1.165) is 11.3 Å². The smallest absolute Gasteiger partial charge is 0.144 e. The Hall–Kier alpha value is -1.60. The first-order valence-corrected chi connectivity index (χ1v) is 5.23. The van der Waals surface area contributed by atoms with Gasteiger partial charge in [-0.25, -0.2) is 4.98 Å². The molecule has 0 aliphatic heterocycles. The van der Waals surface area contributed by atoms with Crippen LogP contribution in [0.3, 0.4) is 0 Å². The lowest BCUT2D eigenvalue weighted by Crippen LogP contribution is -2.19. The number of hydrogen-bond donors (Lipinski definition) is 1. The zero-order chi connectivity index (χ0) is 12.1. The number of nitriles is 1. The summed E-state index contributed by atoms with van der Waals surface area (Å²) in [7, 11) is 1.66. The predicted octanol–water partition coefficient (Wildman–Crippen LogP) is 2.02. The van der Waals surface area contributed by atoms with Gasteiger partial charge in [-0.1, -0.05) is 0 Å². The quantitative estimate of drug-likeness (QED) is 0.841. The number of pyridine rings is 1. The van der Waals surface area contributed by atoms with Gasteiger partial charge in [0.2, 0.25) is 0 Å². The van der Waals surface area contributed by atoms with Crippen LogP contribution in [0.4, 0.5) is 5.82 Å². The van der Waals surface area contributed by atoms with Crippen molar-refractivity contribution in [3.63, 3.8) is 0 Å². The largest absolute Gasteiger partial charge is 0.380 e. The molecule has 0 bridgehead atoms. The molecule has 0 saturated carbocycles. The molecule has 0 aliphatic carbocycles. The van der Waals surface area contributed by atoms with Crippen molar-refractivity contribution in [1.29, 1.82) is 5.26 Å². The number of nitrogens with one attached hydrogen (secondary N) is 1. The third-order valence-corrected chi connectivity index (χ3v) is 2.42. The van der Waals surface area contributed by atoms with Crippen molar-refractivity contribution in [2.45, 2.75) is 26.9 Å². The van der Waals surface area contributed by atoms with Gasteiger partial charge in [0.25, 0.3) is 0 Å². The highest BCUT2D eigenvalue weighted by atomic mass is 16.5. The van der Waals surface area contributed by atoms with Crippen LogP contribution in [0.25, 0.3) is 0 Å². The molecule has 0 aliphatic rings. The van der Waals surface area contributed by atoms with E-state index in [2.05, 4.69) is 16.4 Å². The molecular weight excluding hydrogens is 202 g/mol. The van der Waals surface area contributed by atoms with Gasteiger partial charge in [0.05, 0.1) is 11.7 Å². The average Bonchev–Trinajstić information content (AvgIpc) is 2.25. The van der Waals surface area contributed by atoms with E-state index in [1.807, 2.05) is 26.8 Å². The minimum atomic E-state index is 0.0918. The second-order valence-corrected chi connectivity index (χ2v) is 3.84. The highest BCUT2D eigenvalue weighted by Gasteiger charge is 2.09. The van der Waals surface area contributed by atoms with Gasteiger partial charge in [0, 0.05) is 19.3 Å². The summed E-state index contributed by atoms with van der Waals surface area (Å²) in [6.45, 7) is 6.43. The number of methoxy groups -OCH3 is 1. The van der Waals surface area contributed by atoms with Crippen LogP contribution in [-0.4, -0.2) is 24.7 Å². The minimum absolute atomic E-state index is 0.0918. The Kier molecular flexibility index (Phi) is 4.27. The molecule has 4 heteroatoms. The van der Waals surface area contributed by atoms with Gasteiger partial charge in [-0.15, -0.1) is 0 Å². The highest BCUT2D eigenvalue weighted by molar-refractivity contribution is 5.56. The first-order valence-electron chi connectivity index (χ1n) is 5.23. The minimum Gasteiger partial charge on any atom is -0.380 e. The molecule has 1 N–H and O–H groups in total. The fourth-order valence-corrected chi connectivity index (χ4v) is 1.43. The number of aromatic nitrogens is 1. The Bertz CT molecular complexity index is 409. The summed E-state index contributed by atoms with van der Waals surface area (Å²) in [4.78, 5) is 4.32. The Morgan fingerprint density at radius 1 is 1.56 bits per heavy atom. The van der Waals surface area contributed by atoms with Crippen LogP contribution in [0, 0.1) is 25.2 Å². The van der Waals surface area contributed by atoms with Gasteiger partial charge in [0.15, 0.2) is 0 Å². The van der Waals surface area contributed by atoms with Gasteiger partial charge in [-0.05, 0) is 32.4 Å². The van der Waals surface area contributed by atoms with E-state index in [4.69, 9.17) is 10.00 Å². The van der Waals surface area contributed by atoms with Gasteiger partial charge in [-0.3, -0.25) is 0 Å². The van der Waals surface area contributed by atoms with E-state index < -0.39 is 0 Å². The summed E-state index contributed by atoms with van der Waals surface area (Å²) < 4.78 is 5.13. The molecule has 1 unspecified atom stereocenters. The SMILES string of the molecule is COC(C)CNc1nc(C)cc(C)c1C#N. The van der Waals surface area contributed by atoms with E-state index >= 15 is 0 Å². The van der Waals surface area contributed by atoms with Crippen molar-refractivity contribution in [2.75, 3.05) is 19.0 Å². The van der Waals surface area contributed by atoms with Gasteiger partial charge < -0.3 is 10.1 Å². The topological polar surface area (TPSA) is 57.9 Å². The third kappa shape index (κ3) is 2.94. The maximum atomic E-state index is 9.05. The highest BCUT2D eigenvalue weighted by Crippen LogP contribution is 2.17. The fraction of sp³-hybridized carbons (Fsp3) is 0.500. The average molecular weight is 219 g/mol. The Balaban J connectivity index is 2.91. The Labute approximate surface area is 96.3 Å². The number of rotatable bonds is 4. The maximum absolute atomic E-state index is 9.05. The zero-order valence-electron chi connectivity index (χ0n) is 10.2. The monoisotopic (exact) mass is 219 g/mol. The Morgan fingerprint density at radius 3 is 2.81 bits per heavy atom. The molecule has 1 aromatic heterocycles. The lowest BCUT2D eigenvalue weighted by molar-refractivity contribution is 0.128. The standard InChI is InChI=1S/C12H17N3O/c1-8-5-9(2)15-12(11(8)6-13)14-7-10(3)16-4/h5,10H,7H2,1-4H3,(H,14,15). The van der Waals surface area contributed by atoms with Gasteiger partial charge in [0.1, 0.15) is 11.9 Å². The molecule has 0 spiro atoms. The molecule has 0 saturated heterocycles. The van der Waals surface area contributed by atoms with Crippen LogP contribution >= 0.6 is 0 Å². The Morgan fingerprint density at radius 2 is 2.25 bits per heavy atom. The first kappa shape index (κ1) is 12.5. The third-order valence-electron chi connectivity index (χ3n) is 2.42. The number of anilines is 1. The van der Waals surface area contributed by atoms with E-state index in [-0.39, 0.29) is 6.10 Å². The van der Waals surface area contributed by atoms with E-state index in [1.165, 1.54) is 0 Å². The summed E-state index contributed by atoms with van der Waals surface area (Å²) in [6, 6.07) is 4.07. The van der Waals surface area contributed by atoms with Crippen LogP contribution < -0.4 is 5.32 Å². The van der Waals surface area contributed by atoms with Crippen molar-refractivity contribution in [3.05, 3.63) is 22.9 Å². The number of aryl methyl sites for hydroxylation is 2. The van der Waals surface area contributed by atoms with Crippen molar-refractivity contribution in [1.82, 2.24) is 4.98 Å². The van der Waals surface area contributed by atoms with Gasteiger partial charge in [-0.2, -0.15) is 5.26 Å². The summed E-state index contributed by atoms with van der Waals surface area (Å²) in [5.41, 5.74) is 2.46. The molecule has 0 fully saturated rings. The molecule has 86 valence electrons. The summed E-state index contributed by atoms with van der Waals surface area (Å²) in [6.07, 6.45) is 0.0918.